The van der Waals surface area contributed by atoms with E-state index in [9.17, 15) is 26.7 Å². The number of fused-ring (bicyclic) bond motifs is 2. The lowest BCUT2D eigenvalue weighted by Gasteiger charge is -2.07. The number of alkyl halides is 1. The number of rotatable bonds is 2. The van der Waals surface area contributed by atoms with Gasteiger partial charge in [0, 0.05) is 35.9 Å². The smallest absolute Gasteiger partial charge is 0.185 e. The van der Waals surface area contributed by atoms with Crippen LogP contribution in [-0.2, 0) is 16.3 Å². The molecule has 1 aromatic carbocycles. The second kappa shape index (κ2) is 5.33. The fraction of sp³-hybridized carbons (Fsp3) is 0.250. The summed E-state index contributed by atoms with van der Waals surface area (Å²) in [5.74, 6) is -2.02. The van der Waals surface area contributed by atoms with Gasteiger partial charge in [-0.2, -0.15) is 0 Å². The van der Waals surface area contributed by atoms with Crippen LogP contribution in [0.1, 0.15) is 17.2 Å². The predicted octanol–water partition coefficient (Wildman–Crippen LogP) is 3.30. The molecular formula is C16H12F3NO3S2. The highest BCUT2D eigenvalue weighted by Gasteiger charge is 2.40. The lowest BCUT2D eigenvalue weighted by molar-refractivity contribution is 0.0910. The lowest BCUT2D eigenvalue weighted by Crippen LogP contribution is -2.09. The largest absolute Gasteiger partial charge is 0.385 e. The van der Waals surface area contributed by atoms with Crippen molar-refractivity contribution in [2.45, 2.75) is 22.9 Å². The normalized spacial score (nSPS) is 20.4. The van der Waals surface area contributed by atoms with Crippen LogP contribution in [0.2, 0.25) is 0 Å². The Balaban J connectivity index is 2.03. The fourth-order valence-corrected chi connectivity index (χ4v) is 5.79. The van der Waals surface area contributed by atoms with Gasteiger partial charge in [-0.05, 0) is 17.7 Å². The van der Waals surface area contributed by atoms with Gasteiger partial charge in [0.2, 0.25) is 0 Å². The maximum Gasteiger partial charge on any atom is 0.185 e. The van der Waals surface area contributed by atoms with Gasteiger partial charge >= 0.3 is 0 Å². The van der Waals surface area contributed by atoms with Crippen LogP contribution < -0.4 is 0 Å². The van der Waals surface area contributed by atoms with Crippen molar-refractivity contribution in [1.82, 2.24) is 4.57 Å². The number of hydrogen-bond acceptors (Lipinski definition) is 4. The zero-order valence-corrected chi connectivity index (χ0v) is 14.5. The van der Waals surface area contributed by atoms with Crippen LogP contribution in [0.5, 0.6) is 0 Å². The summed E-state index contributed by atoms with van der Waals surface area (Å²) in [4.78, 5) is 0. The monoisotopic (exact) mass is 387 g/mol. The van der Waals surface area contributed by atoms with Crippen LogP contribution in [0.15, 0.2) is 28.6 Å². The average Bonchev–Trinajstić information content (AvgIpc) is 3.15. The summed E-state index contributed by atoms with van der Waals surface area (Å²) >= 11 is 0.889. The molecule has 25 heavy (non-hydrogen) atoms. The van der Waals surface area contributed by atoms with Crippen molar-refractivity contribution >= 4 is 32.1 Å². The van der Waals surface area contributed by atoms with Crippen molar-refractivity contribution < 1.29 is 26.7 Å². The molecule has 2 atom stereocenters. The number of hydrogen-bond donors (Lipinski definition) is 1. The quantitative estimate of drug-likeness (QED) is 0.734. The minimum Gasteiger partial charge on any atom is -0.385 e. The Morgan fingerprint density at radius 1 is 1.28 bits per heavy atom. The van der Waals surface area contributed by atoms with Crippen molar-refractivity contribution in [2.24, 2.45) is 0 Å². The van der Waals surface area contributed by atoms with Crippen molar-refractivity contribution in [1.29, 1.82) is 0 Å². The molecule has 0 amide bonds. The molecular weight excluding hydrogens is 375 g/mol. The van der Waals surface area contributed by atoms with E-state index in [1.165, 1.54) is 4.57 Å². The van der Waals surface area contributed by atoms with Gasteiger partial charge in [0.05, 0.1) is 5.52 Å². The topological polar surface area (TPSA) is 59.3 Å². The molecule has 2 aromatic heterocycles. The maximum absolute atomic E-state index is 14.0. The van der Waals surface area contributed by atoms with E-state index in [2.05, 4.69) is 0 Å². The van der Waals surface area contributed by atoms with Gasteiger partial charge in [-0.1, -0.05) is 0 Å². The van der Waals surface area contributed by atoms with Crippen LogP contribution in [0, 0.1) is 11.6 Å². The van der Waals surface area contributed by atoms with Crippen LogP contribution >= 0.6 is 11.3 Å². The molecule has 0 bridgehead atoms. The van der Waals surface area contributed by atoms with Gasteiger partial charge in [0.1, 0.15) is 21.5 Å². The molecule has 0 unspecified atom stereocenters. The van der Waals surface area contributed by atoms with Crippen molar-refractivity contribution in [3.63, 3.8) is 0 Å². The zero-order valence-electron chi connectivity index (χ0n) is 12.8. The Hall–Kier alpha value is -1.84. The summed E-state index contributed by atoms with van der Waals surface area (Å²) < 4.78 is 66.5. The molecule has 4 rings (SSSR count). The molecule has 0 aliphatic heterocycles. The summed E-state index contributed by atoms with van der Waals surface area (Å²) in [7, 11) is -3.68. The first-order valence-electron chi connectivity index (χ1n) is 7.32. The van der Waals surface area contributed by atoms with E-state index in [4.69, 9.17) is 0 Å². The fourth-order valence-electron chi connectivity index (χ4n) is 3.20. The van der Waals surface area contributed by atoms with Crippen LogP contribution in [0.4, 0.5) is 13.2 Å². The predicted molar refractivity (Wildman–Crippen MR) is 87.7 cm³/mol. The molecule has 0 saturated heterocycles. The second-order valence-electron chi connectivity index (χ2n) is 6.03. The minimum absolute atomic E-state index is 0.0689. The molecule has 1 aliphatic rings. The Morgan fingerprint density at radius 3 is 2.64 bits per heavy atom. The van der Waals surface area contributed by atoms with Crippen molar-refractivity contribution in [3.05, 3.63) is 47.2 Å². The van der Waals surface area contributed by atoms with Crippen LogP contribution in [0.3, 0.4) is 0 Å². The average molecular weight is 387 g/mol. The van der Waals surface area contributed by atoms with E-state index >= 15 is 0 Å². The van der Waals surface area contributed by atoms with E-state index in [1.54, 1.807) is 12.3 Å². The minimum atomic E-state index is -3.68. The summed E-state index contributed by atoms with van der Waals surface area (Å²) in [6.07, 6.45) is -0.723. The summed E-state index contributed by atoms with van der Waals surface area (Å²) in [5, 5.41) is 10.9. The molecule has 0 spiro atoms. The van der Waals surface area contributed by atoms with E-state index in [0.717, 1.165) is 29.7 Å². The van der Waals surface area contributed by atoms with Crippen molar-refractivity contribution in [3.8, 4) is 5.00 Å². The Morgan fingerprint density at radius 2 is 1.96 bits per heavy atom. The Kier molecular flexibility index (Phi) is 3.54. The number of aliphatic hydroxyl groups excluding tert-OH is 1. The molecule has 2 heterocycles. The third-order valence-electron chi connectivity index (χ3n) is 4.32. The van der Waals surface area contributed by atoms with Gasteiger partial charge < -0.3 is 9.67 Å². The lowest BCUT2D eigenvalue weighted by atomic mass is 10.2. The highest BCUT2D eigenvalue weighted by molar-refractivity contribution is 7.92. The number of sulfone groups is 1. The van der Waals surface area contributed by atoms with E-state index in [-0.39, 0.29) is 16.2 Å². The number of aromatic nitrogens is 1. The van der Waals surface area contributed by atoms with E-state index in [0.29, 0.717) is 21.5 Å². The standard InChI is InChI=1S/C16H12F3NO3S2/c1-25(22,23)16-13-8(5-11(19)14(13)21)15(24-16)20-3-2-7-4-9(17)10(18)6-12(7)20/h2-4,6,11,14,21H,5H2,1H3/t11-,14+/m0/s1. The maximum atomic E-state index is 14.0. The van der Waals surface area contributed by atoms with Crippen LogP contribution in [-0.4, -0.2) is 30.5 Å². The molecule has 0 saturated carbocycles. The number of benzene rings is 1. The molecule has 3 aromatic rings. The SMILES string of the molecule is CS(=O)(=O)c1sc(-n2ccc3cc(F)c(F)cc32)c2c1[C@H](O)[C@@H](F)C2. The van der Waals surface area contributed by atoms with Gasteiger partial charge in [0.15, 0.2) is 21.5 Å². The van der Waals surface area contributed by atoms with Gasteiger partial charge in [-0.3, -0.25) is 0 Å². The highest BCUT2D eigenvalue weighted by atomic mass is 32.2. The van der Waals surface area contributed by atoms with E-state index in [1.807, 2.05) is 0 Å². The van der Waals surface area contributed by atoms with Gasteiger partial charge in [-0.15, -0.1) is 11.3 Å². The van der Waals surface area contributed by atoms with E-state index < -0.39 is 33.7 Å². The molecule has 0 radical (unpaired) electrons. The third-order valence-corrected chi connectivity index (χ3v) is 7.41. The molecule has 1 aliphatic carbocycles. The van der Waals surface area contributed by atoms with Crippen molar-refractivity contribution in [2.75, 3.05) is 6.26 Å². The van der Waals surface area contributed by atoms with Gasteiger partial charge in [0.25, 0.3) is 0 Å². The second-order valence-corrected chi connectivity index (χ2v) is 9.24. The molecule has 132 valence electrons. The summed E-state index contributed by atoms with van der Waals surface area (Å²) in [5.41, 5.74) is 0.784. The van der Waals surface area contributed by atoms with Gasteiger partial charge in [-0.25, -0.2) is 21.6 Å². The number of nitrogens with zero attached hydrogens (tertiary/aromatic N) is 1. The number of thiophene rings is 1. The third kappa shape index (κ3) is 2.41. The first-order valence-corrected chi connectivity index (χ1v) is 10.0. The first-order chi connectivity index (χ1) is 11.7. The number of aliphatic hydroxyl groups is 1. The molecule has 0 fully saturated rings. The summed E-state index contributed by atoms with van der Waals surface area (Å²) in [6, 6.07) is 3.61. The first kappa shape index (κ1) is 16.6. The molecule has 9 heteroatoms. The highest BCUT2D eigenvalue weighted by Crippen LogP contribution is 2.47. The summed E-state index contributed by atoms with van der Waals surface area (Å²) in [6.45, 7) is 0. The molecule has 1 N–H and O–H groups in total. The molecule has 4 nitrogen and oxygen atoms in total. The Labute approximate surface area is 145 Å². The van der Waals surface area contributed by atoms with Crippen LogP contribution in [0.25, 0.3) is 15.9 Å². The number of halogens is 3. The zero-order chi connectivity index (χ0) is 18.1. The Bertz CT molecular complexity index is 1120.